The Balaban J connectivity index is 0.970. The van der Waals surface area contributed by atoms with Crippen LogP contribution in [0, 0.1) is 30.6 Å². The fourth-order valence-electron chi connectivity index (χ4n) is 7.42. The Bertz CT molecular complexity index is 1940. The highest BCUT2D eigenvalue weighted by Gasteiger charge is 2.35. The second-order valence-corrected chi connectivity index (χ2v) is 15.2. The van der Waals surface area contributed by atoms with E-state index in [1.807, 2.05) is 0 Å². The molecule has 0 N–H and O–H groups in total. The number of hydrogen-bond acceptors (Lipinski definition) is 16. The molecule has 16 heteroatoms. The molecule has 0 radical (unpaired) electrons. The SMILES string of the molecule is C=CC(=O)OCOC(=O)c1ccc(C(=O)OC2CCC(C(=O)Oc3ccc(OC(=O)C4CCC(OC(=O)C5CCC(C(=O)OCOC(=O)C=C)CC5)CC4)cc3C)CC2)cc1. The maximum atomic E-state index is 13.1. The van der Waals surface area contributed by atoms with E-state index in [2.05, 4.69) is 22.6 Å². The Morgan fingerprint density at radius 3 is 1.48 bits per heavy atom. The summed E-state index contributed by atoms with van der Waals surface area (Å²) in [6, 6.07) is 10.4. The van der Waals surface area contributed by atoms with E-state index in [0.29, 0.717) is 94.1 Å². The number of carbonyl (C=O) groups excluding carboxylic acids is 8. The van der Waals surface area contributed by atoms with Crippen molar-refractivity contribution in [2.75, 3.05) is 13.6 Å². The minimum atomic E-state index is -0.740. The van der Waals surface area contributed by atoms with Crippen molar-refractivity contribution in [2.45, 2.75) is 96.2 Å². The van der Waals surface area contributed by atoms with E-state index in [9.17, 15) is 38.4 Å². The maximum Gasteiger partial charge on any atom is 0.340 e. The van der Waals surface area contributed by atoms with Crippen LogP contribution in [0.3, 0.4) is 0 Å². The van der Waals surface area contributed by atoms with Gasteiger partial charge in [0.2, 0.25) is 13.6 Å². The zero-order valence-electron chi connectivity index (χ0n) is 34.0. The molecule has 0 bridgehead atoms. The summed E-state index contributed by atoms with van der Waals surface area (Å²) in [4.78, 5) is 98.3. The van der Waals surface area contributed by atoms with Gasteiger partial charge in [-0.05, 0) is 132 Å². The summed E-state index contributed by atoms with van der Waals surface area (Å²) in [5.74, 6) is -5.12. The molecule has 61 heavy (non-hydrogen) atoms. The molecule has 3 aliphatic carbocycles. The average molecular weight is 847 g/mol. The summed E-state index contributed by atoms with van der Waals surface area (Å²) < 4.78 is 42.0. The van der Waals surface area contributed by atoms with Crippen molar-refractivity contribution in [3.05, 3.63) is 84.5 Å². The van der Waals surface area contributed by atoms with Gasteiger partial charge in [0.25, 0.3) is 0 Å². The van der Waals surface area contributed by atoms with Crippen LogP contribution in [0.25, 0.3) is 0 Å². The average Bonchev–Trinajstić information content (AvgIpc) is 3.27. The largest absolute Gasteiger partial charge is 0.462 e. The monoisotopic (exact) mass is 846 g/mol. The van der Waals surface area contributed by atoms with Crippen LogP contribution < -0.4 is 9.47 Å². The van der Waals surface area contributed by atoms with E-state index in [0.717, 1.165) is 12.2 Å². The Morgan fingerprint density at radius 1 is 0.508 bits per heavy atom. The number of esters is 8. The van der Waals surface area contributed by atoms with Gasteiger partial charge in [-0.15, -0.1) is 0 Å². The lowest BCUT2D eigenvalue weighted by Gasteiger charge is -2.30. The number of hydrogen-bond donors (Lipinski definition) is 0. The number of aryl methyl sites for hydroxylation is 1. The lowest BCUT2D eigenvalue weighted by atomic mass is 9.82. The Morgan fingerprint density at radius 2 is 0.951 bits per heavy atom. The van der Waals surface area contributed by atoms with Gasteiger partial charge >= 0.3 is 47.8 Å². The van der Waals surface area contributed by atoms with Gasteiger partial charge in [0.05, 0.1) is 34.8 Å². The third-order valence-electron chi connectivity index (χ3n) is 11.0. The van der Waals surface area contributed by atoms with Gasteiger partial charge in [-0.3, -0.25) is 19.2 Å². The normalized spacial score (nSPS) is 22.2. The molecule has 3 saturated carbocycles. The van der Waals surface area contributed by atoms with Crippen molar-refractivity contribution >= 4 is 47.8 Å². The molecule has 0 unspecified atom stereocenters. The van der Waals surface area contributed by atoms with Crippen molar-refractivity contribution in [2.24, 2.45) is 23.7 Å². The van der Waals surface area contributed by atoms with Crippen molar-refractivity contribution in [3.63, 3.8) is 0 Å². The molecule has 0 aliphatic heterocycles. The van der Waals surface area contributed by atoms with Crippen molar-refractivity contribution in [3.8, 4) is 11.5 Å². The Kier molecular flexibility index (Phi) is 16.8. The Hall–Kier alpha value is -6.32. The third kappa shape index (κ3) is 13.6. The molecule has 2 aromatic rings. The minimum absolute atomic E-state index is 0.151. The van der Waals surface area contributed by atoms with Crippen LogP contribution in [0.2, 0.25) is 0 Å². The van der Waals surface area contributed by atoms with Crippen LogP contribution in [0.4, 0.5) is 0 Å². The Labute approximate surface area is 352 Å². The van der Waals surface area contributed by atoms with Crippen molar-refractivity contribution in [1.82, 2.24) is 0 Å². The van der Waals surface area contributed by atoms with Gasteiger partial charge in [0.1, 0.15) is 23.7 Å². The summed E-state index contributed by atoms with van der Waals surface area (Å²) in [5, 5.41) is 0. The molecule has 0 atom stereocenters. The fourth-order valence-corrected chi connectivity index (χ4v) is 7.42. The summed E-state index contributed by atoms with van der Waals surface area (Å²) >= 11 is 0. The van der Waals surface area contributed by atoms with Crippen molar-refractivity contribution < 1.29 is 76.3 Å². The van der Waals surface area contributed by atoms with Crippen LogP contribution in [0.5, 0.6) is 11.5 Å². The van der Waals surface area contributed by atoms with Crippen molar-refractivity contribution in [1.29, 1.82) is 0 Å². The smallest absolute Gasteiger partial charge is 0.340 e. The topological polar surface area (TPSA) is 210 Å². The van der Waals surface area contributed by atoms with E-state index < -0.39 is 67.4 Å². The van der Waals surface area contributed by atoms with Gasteiger partial charge in [0, 0.05) is 12.2 Å². The van der Waals surface area contributed by atoms with Crippen LogP contribution >= 0.6 is 0 Å². The van der Waals surface area contributed by atoms with Gasteiger partial charge in [-0.2, -0.15) is 0 Å². The van der Waals surface area contributed by atoms with Crippen LogP contribution in [0.15, 0.2) is 67.8 Å². The first-order valence-corrected chi connectivity index (χ1v) is 20.3. The fraction of sp³-hybridized carbons (Fsp3) is 0.467. The minimum Gasteiger partial charge on any atom is -0.462 e. The van der Waals surface area contributed by atoms with Gasteiger partial charge in [0.15, 0.2) is 0 Å². The van der Waals surface area contributed by atoms with E-state index in [1.165, 1.54) is 24.3 Å². The molecular weight excluding hydrogens is 796 g/mol. The molecule has 0 saturated heterocycles. The number of benzene rings is 2. The maximum absolute atomic E-state index is 13.1. The predicted molar refractivity (Wildman–Crippen MR) is 211 cm³/mol. The van der Waals surface area contributed by atoms with Gasteiger partial charge in [-0.25, -0.2) is 19.2 Å². The first kappa shape index (κ1) is 45.8. The zero-order chi connectivity index (χ0) is 43.9. The number of carbonyl (C=O) groups is 8. The van der Waals surface area contributed by atoms with E-state index in [-0.39, 0.29) is 41.0 Å². The molecular formula is C45H50O16. The molecule has 5 rings (SSSR count). The number of rotatable bonds is 16. The molecule has 3 fully saturated rings. The first-order chi connectivity index (χ1) is 29.3. The van der Waals surface area contributed by atoms with Crippen LogP contribution in [-0.4, -0.2) is 73.5 Å². The second kappa shape index (κ2) is 22.3. The quantitative estimate of drug-likeness (QED) is 0.0605. The van der Waals surface area contributed by atoms with Crippen LogP contribution in [0.1, 0.15) is 103 Å². The molecule has 3 aliphatic rings. The zero-order valence-corrected chi connectivity index (χ0v) is 34.0. The number of ether oxygens (including phenoxy) is 8. The lowest BCUT2D eigenvalue weighted by Crippen LogP contribution is -2.33. The summed E-state index contributed by atoms with van der Waals surface area (Å²) in [6.07, 6.45) is 6.92. The third-order valence-corrected chi connectivity index (χ3v) is 11.0. The second-order valence-electron chi connectivity index (χ2n) is 15.2. The standard InChI is InChI=1S/C45H50O16/c1-4-38(46)54-25-56-40(48)28-6-10-30(11-7-28)42(50)58-34-18-14-32(15-19-34)44(52)60-36-22-23-37(27(3)24-36)61-45(53)33-16-20-35(21-17-33)59-43(51)31-12-8-29(9-13-31)41(49)57-26-55-39(47)5-2/h4-5,8-9,12-13,22-24,28,30,32-35H,1-2,6-7,10-11,14-21,25-26H2,3H3. The van der Waals surface area contributed by atoms with Crippen LogP contribution in [-0.2, 0) is 57.2 Å². The van der Waals surface area contributed by atoms with E-state index in [4.69, 9.17) is 28.4 Å². The molecule has 326 valence electrons. The summed E-state index contributed by atoms with van der Waals surface area (Å²) in [5.41, 5.74) is 0.987. The van der Waals surface area contributed by atoms with E-state index in [1.54, 1.807) is 25.1 Å². The summed E-state index contributed by atoms with van der Waals surface area (Å²) in [6.45, 7) is 7.21. The lowest BCUT2D eigenvalue weighted by molar-refractivity contribution is -0.170. The predicted octanol–water partition coefficient (Wildman–Crippen LogP) is 6.20. The molecule has 16 nitrogen and oxygen atoms in total. The van der Waals surface area contributed by atoms with E-state index >= 15 is 0 Å². The highest BCUT2D eigenvalue weighted by Crippen LogP contribution is 2.34. The molecule has 0 spiro atoms. The highest BCUT2D eigenvalue weighted by molar-refractivity contribution is 5.93. The summed E-state index contributed by atoms with van der Waals surface area (Å²) in [7, 11) is 0. The highest BCUT2D eigenvalue weighted by atomic mass is 16.7. The molecule has 0 amide bonds. The van der Waals surface area contributed by atoms with Gasteiger partial charge < -0.3 is 37.9 Å². The molecule has 0 aromatic heterocycles. The molecule has 0 heterocycles. The molecule has 2 aromatic carbocycles. The van der Waals surface area contributed by atoms with Gasteiger partial charge in [-0.1, -0.05) is 13.2 Å². The first-order valence-electron chi connectivity index (χ1n) is 20.3.